The minimum Gasteiger partial charge on any atom is -0.326 e. The molecule has 0 aromatic heterocycles. The van der Waals surface area contributed by atoms with Crippen LogP contribution in [0.4, 0.5) is 14.5 Å². The molecule has 2 rings (SSSR count). The van der Waals surface area contributed by atoms with Crippen molar-refractivity contribution in [1.29, 1.82) is 0 Å². The first kappa shape index (κ1) is 15.4. The van der Waals surface area contributed by atoms with Crippen molar-refractivity contribution in [1.82, 2.24) is 0 Å². The van der Waals surface area contributed by atoms with E-state index in [0.29, 0.717) is 17.3 Å². The van der Waals surface area contributed by atoms with Gasteiger partial charge in [0.2, 0.25) is 0 Å². The highest BCUT2D eigenvalue weighted by Gasteiger charge is 2.26. The minimum atomic E-state index is -4.14. The molecule has 0 spiro atoms. The van der Waals surface area contributed by atoms with Crippen LogP contribution in [-0.2, 0) is 16.6 Å². The maximum Gasteiger partial charge on any atom is 0.266 e. The van der Waals surface area contributed by atoms with Crippen molar-refractivity contribution in [3.8, 4) is 0 Å². The van der Waals surface area contributed by atoms with Gasteiger partial charge in [-0.15, -0.1) is 0 Å². The summed E-state index contributed by atoms with van der Waals surface area (Å²) in [7, 11) is -2.84. The number of sulfonamides is 1. The summed E-state index contributed by atoms with van der Waals surface area (Å²) in [6.07, 6.45) is 0. The van der Waals surface area contributed by atoms with Gasteiger partial charge >= 0.3 is 0 Å². The molecule has 0 aliphatic carbocycles. The molecular weight excluding hydrogens is 298 g/mol. The second-order valence-corrected chi connectivity index (χ2v) is 6.32. The van der Waals surface area contributed by atoms with Crippen molar-refractivity contribution in [3.05, 3.63) is 59.7 Å². The predicted molar refractivity (Wildman–Crippen MR) is 76.3 cm³/mol. The van der Waals surface area contributed by atoms with Crippen LogP contribution in [0.1, 0.15) is 5.56 Å². The predicted octanol–water partition coefficient (Wildman–Crippen LogP) is 2.25. The molecule has 0 radical (unpaired) electrons. The Balaban J connectivity index is 2.53. The van der Waals surface area contributed by atoms with Crippen LogP contribution in [0.5, 0.6) is 0 Å². The van der Waals surface area contributed by atoms with E-state index in [1.165, 1.54) is 7.05 Å². The summed E-state index contributed by atoms with van der Waals surface area (Å²) in [6.45, 7) is 0.141. The van der Waals surface area contributed by atoms with E-state index >= 15 is 0 Å². The van der Waals surface area contributed by atoms with Gasteiger partial charge < -0.3 is 5.73 Å². The lowest BCUT2D eigenvalue weighted by Gasteiger charge is -2.22. The van der Waals surface area contributed by atoms with Gasteiger partial charge in [-0.1, -0.05) is 18.2 Å². The molecule has 21 heavy (non-hydrogen) atoms. The molecule has 0 amide bonds. The number of nitrogens with zero attached hydrogens (tertiary/aromatic N) is 1. The number of rotatable bonds is 4. The summed E-state index contributed by atoms with van der Waals surface area (Å²) >= 11 is 0. The summed E-state index contributed by atoms with van der Waals surface area (Å²) in [4.78, 5) is -0.585. The quantitative estimate of drug-likeness (QED) is 0.942. The number of anilines is 1. The van der Waals surface area contributed by atoms with E-state index in [-0.39, 0.29) is 6.54 Å². The normalized spacial score (nSPS) is 11.4. The van der Waals surface area contributed by atoms with Gasteiger partial charge in [-0.2, -0.15) is 0 Å². The summed E-state index contributed by atoms with van der Waals surface area (Å²) < 4.78 is 52.5. The van der Waals surface area contributed by atoms with Crippen LogP contribution in [0.3, 0.4) is 0 Å². The lowest BCUT2D eigenvalue weighted by molar-refractivity contribution is 0.548. The number of nitrogens with two attached hydrogens (primary N) is 1. The molecule has 0 heterocycles. The molecule has 2 aromatic rings. The number of benzene rings is 2. The first-order valence-electron chi connectivity index (χ1n) is 6.10. The molecule has 4 nitrogen and oxygen atoms in total. The second-order valence-electron chi connectivity index (χ2n) is 4.38. The van der Waals surface area contributed by atoms with Gasteiger partial charge in [0.05, 0.1) is 5.69 Å². The Kier molecular flexibility index (Phi) is 4.24. The van der Waals surface area contributed by atoms with Crippen LogP contribution in [-0.4, -0.2) is 15.5 Å². The third kappa shape index (κ3) is 2.88. The van der Waals surface area contributed by atoms with Gasteiger partial charge in [-0.3, -0.25) is 4.31 Å². The fourth-order valence-electron chi connectivity index (χ4n) is 1.95. The molecule has 112 valence electrons. The van der Waals surface area contributed by atoms with Crippen LogP contribution >= 0.6 is 0 Å². The molecule has 0 bridgehead atoms. The fourth-order valence-corrected chi connectivity index (χ4v) is 3.23. The first-order valence-corrected chi connectivity index (χ1v) is 7.54. The van der Waals surface area contributed by atoms with Crippen molar-refractivity contribution < 1.29 is 17.2 Å². The Morgan fingerprint density at radius 2 is 1.81 bits per heavy atom. The van der Waals surface area contributed by atoms with E-state index in [4.69, 9.17) is 5.73 Å². The van der Waals surface area contributed by atoms with E-state index in [9.17, 15) is 17.2 Å². The van der Waals surface area contributed by atoms with Crippen LogP contribution < -0.4 is 10.0 Å². The monoisotopic (exact) mass is 312 g/mol. The zero-order valence-electron chi connectivity index (χ0n) is 11.3. The van der Waals surface area contributed by atoms with E-state index < -0.39 is 26.6 Å². The number of para-hydroxylation sites is 1. The minimum absolute atomic E-state index is 0.141. The van der Waals surface area contributed by atoms with E-state index in [1.807, 2.05) is 0 Å². The number of hydrogen-bond acceptors (Lipinski definition) is 3. The lowest BCUT2D eigenvalue weighted by Crippen LogP contribution is -2.28. The van der Waals surface area contributed by atoms with Crippen LogP contribution in [0, 0.1) is 11.6 Å². The fraction of sp³-hybridized carbons (Fsp3) is 0.143. The molecule has 0 unspecified atom stereocenters. The van der Waals surface area contributed by atoms with E-state index in [0.717, 1.165) is 16.4 Å². The first-order chi connectivity index (χ1) is 9.87. The van der Waals surface area contributed by atoms with Crippen molar-refractivity contribution in [2.24, 2.45) is 5.73 Å². The molecule has 0 aliphatic rings. The van der Waals surface area contributed by atoms with Gasteiger partial charge in [0, 0.05) is 19.7 Å². The lowest BCUT2D eigenvalue weighted by atomic mass is 10.2. The van der Waals surface area contributed by atoms with Crippen LogP contribution in [0.2, 0.25) is 0 Å². The Morgan fingerprint density at radius 1 is 1.14 bits per heavy atom. The summed E-state index contributed by atoms with van der Waals surface area (Å²) in [5.74, 6) is -1.97. The molecule has 0 atom stereocenters. The molecule has 2 aromatic carbocycles. The summed E-state index contributed by atoms with van der Waals surface area (Å²) in [5, 5.41) is 0. The topological polar surface area (TPSA) is 63.4 Å². The molecular formula is C14H14F2N2O2S. The summed E-state index contributed by atoms with van der Waals surface area (Å²) in [5.41, 5.74) is 6.53. The van der Waals surface area contributed by atoms with Gasteiger partial charge in [0.15, 0.2) is 0 Å². The van der Waals surface area contributed by atoms with Crippen molar-refractivity contribution >= 4 is 15.7 Å². The molecule has 7 heteroatoms. The third-order valence-corrected chi connectivity index (χ3v) is 4.89. The Hall–Kier alpha value is -1.99. The standard InChI is InChI=1S/C14H14F2N2O2S/c1-18(13-5-3-2-4-10(13)9-17)21(19,20)14-7-6-11(15)8-12(14)16/h2-8H,9,17H2,1H3. The Morgan fingerprint density at radius 3 is 2.43 bits per heavy atom. The van der Waals surface area contributed by atoms with Crippen LogP contribution in [0.15, 0.2) is 47.4 Å². The SMILES string of the molecule is CN(c1ccccc1CN)S(=O)(=O)c1ccc(F)cc1F. The van der Waals surface area contributed by atoms with E-state index in [1.54, 1.807) is 24.3 Å². The van der Waals surface area contributed by atoms with Crippen molar-refractivity contribution in [2.45, 2.75) is 11.4 Å². The highest BCUT2D eigenvalue weighted by atomic mass is 32.2. The van der Waals surface area contributed by atoms with Crippen molar-refractivity contribution in [2.75, 3.05) is 11.4 Å². The third-order valence-electron chi connectivity index (χ3n) is 3.08. The Labute approximate surface area is 121 Å². The largest absolute Gasteiger partial charge is 0.326 e. The maximum absolute atomic E-state index is 13.7. The average Bonchev–Trinajstić information content (AvgIpc) is 2.46. The second kappa shape index (κ2) is 5.79. The van der Waals surface area contributed by atoms with Gasteiger partial charge in [-0.25, -0.2) is 17.2 Å². The molecule has 0 fully saturated rings. The highest BCUT2D eigenvalue weighted by Crippen LogP contribution is 2.26. The molecule has 2 N–H and O–H groups in total. The summed E-state index contributed by atoms with van der Waals surface area (Å²) in [6, 6.07) is 8.98. The average molecular weight is 312 g/mol. The molecule has 0 saturated carbocycles. The van der Waals surface area contributed by atoms with Gasteiger partial charge in [0.1, 0.15) is 16.5 Å². The smallest absolute Gasteiger partial charge is 0.266 e. The number of hydrogen-bond donors (Lipinski definition) is 1. The van der Waals surface area contributed by atoms with Crippen LogP contribution in [0.25, 0.3) is 0 Å². The maximum atomic E-state index is 13.7. The van der Waals surface area contributed by atoms with E-state index in [2.05, 4.69) is 0 Å². The highest BCUT2D eigenvalue weighted by molar-refractivity contribution is 7.92. The Bertz CT molecular complexity index is 763. The van der Waals surface area contributed by atoms with Gasteiger partial charge in [-0.05, 0) is 23.8 Å². The molecule has 0 saturated heterocycles. The van der Waals surface area contributed by atoms with Crippen molar-refractivity contribution in [3.63, 3.8) is 0 Å². The molecule has 0 aliphatic heterocycles. The van der Waals surface area contributed by atoms with Gasteiger partial charge in [0.25, 0.3) is 10.0 Å². The zero-order valence-corrected chi connectivity index (χ0v) is 12.1. The number of halogens is 2. The zero-order chi connectivity index (χ0) is 15.6.